The molecule has 1 amide bonds. The van der Waals surface area contributed by atoms with Gasteiger partial charge in [-0.1, -0.05) is 26.0 Å². The van der Waals surface area contributed by atoms with Crippen LogP contribution in [0.3, 0.4) is 0 Å². The van der Waals surface area contributed by atoms with E-state index in [4.69, 9.17) is 9.90 Å². The number of rotatable bonds is 4. The van der Waals surface area contributed by atoms with Gasteiger partial charge in [0.1, 0.15) is 5.82 Å². The second kappa shape index (κ2) is 9.84. The Morgan fingerprint density at radius 1 is 1.20 bits per heavy atom. The highest BCUT2D eigenvalue weighted by Gasteiger charge is 2.30. The van der Waals surface area contributed by atoms with Crippen LogP contribution in [0, 0.1) is 0 Å². The molecular formula is C22H31N5O3. The monoisotopic (exact) mass is 413 g/mol. The molecule has 2 aliphatic rings. The molecule has 162 valence electrons. The van der Waals surface area contributed by atoms with Crippen molar-refractivity contribution in [1.29, 1.82) is 0 Å². The molecule has 2 aliphatic heterocycles. The van der Waals surface area contributed by atoms with Crippen molar-refractivity contribution < 1.29 is 14.7 Å². The summed E-state index contributed by atoms with van der Waals surface area (Å²) in [6.45, 7) is 10.7. The molecule has 8 heteroatoms. The van der Waals surface area contributed by atoms with Crippen molar-refractivity contribution >= 4 is 12.4 Å². The molecule has 4 rings (SSSR count). The highest BCUT2D eigenvalue weighted by atomic mass is 16.3. The fourth-order valence-electron chi connectivity index (χ4n) is 4.24. The standard InChI is InChI=1S/C21H29N5O.CH2O2/c1-15(2)20-23-22-19-14-25(12-16(3)26(19)20)21(27)18-8-6-17(7-9-18)13-24-10-4-5-11-24;2-1-3/h6-9,15-16H,4-5,10-14H2,1-3H3;1H,(H,2,3)/t16-;/m0./s1. The van der Waals surface area contributed by atoms with Crippen molar-refractivity contribution in [1.82, 2.24) is 24.6 Å². The Morgan fingerprint density at radius 2 is 1.83 bits per heavy atom. The molecule has 0 unspecified atom stereocenters. The van der Waals surface area contributed by atoms with Crippen LogP contribution in [-0.2, 0) is 17.9 Å². The van der Waals surface area contributed by atoms with Gasteiger partial charge in [-0.2, -0.15) is 0 Å². The number of likely N-dealkylation sites (tertiary alicyclic amines) is 1. The van der Waals surface area contributed by atoms with Gasteiger partial charge in [-0.25, -0.2) is 0 Å². The molecular weight excluding hydrogens is 382 g/mol. The van der Waals surface area contributed by atoms with Crippen molar-refractivity contribution in [2.45, 2.75) is 58.7 Å². The normalized spacial score (nSPS) is 18.7. The lowest BCUT2D eigenvalue weighted by Crippen LogP contribution is -2.40. The Bertz CT molecular complexity index is 856. The molecule has 1 aromatic heterocycles. The van der Waals surface area contributed by atoms with Crippen LogP contribution in [0.5, 0.6) is 0 Å². The minimum Gasteiger partial charge on any atom is -0.483 e. The van der Waals surface area contributed by atoms with E-state index in [-0.39, 0.29) is 18.4 Å². The topological polar surface area (TPSA) is 91.6 Å². The zero-order chi connectivity index (χ0) is 21.7. The number of hydrogen-bond donors (Lipinski definition) is 1. The summed E-state index contributed by atoms with van der Waals surface area (Å²) in [5, 5.41) is 15.6. The van der Waals surface area contributed by atoms with Gasteiger partial charge < -0.3 is 14.6 Å². The molecule has 0 spiro atoms. The molecule has 1 atom stereocenters. The number of amides is 1. The third kappa shape index (κ3) is 4.87. The van der Waals surface area contributed by atoms with Crippen LogP contribution >= 0.6 is 0 Å². The largest absolute Gasteiger partial charge is 0.483 e. The van der Waals surface area contributed by atoms with Gasteiger partial charge in [0.2, 0.25) is 0 Å². The first-order valence-corrected chi connectivity index (χ1v) is 10.6. The molecule has 0 radical (unpaired) electrons. The number of nitrogens with zero attached hydrogens (tertiary/aromatic N) is 5. The molecule has 0 saturated carbocycles. The number of carbonyl (C=O) groups excluding carboxylic acids is 1. The first-order chi connectivity index (χ1) is 14.4. The van der Waals surface area contributed by atoms with Crippen LogP contribution in [0.15, 0.2) is 24.3 Å². The zero-order valence-electron chi connectivity index (χ0n) is 18.0. The highest BCUT2D eigenvalue weighted by molar-refractivity contribution is 5.94. The fraction of sp³-hybridized carbons (Fsp3) is 0.545. The van der Waals surface area contributed by atoms with E-state index in [0.29, 0.717) is 19.0 Å². The van der Waals surface area contributed by atoms with Crippen molar-refractivity contribution in [2.24, 2.45) is 0 Å². The van der Waals surface area contributed by atoms with E-state index in [1.807, 2.05) is 17.0 Å². The zero-order valence-corrected chi connectivity index (χ0v) is 18.0. The first kappa shape index (κ1) is 22.0. The number of aromatic nitrogens is 3. The molecule has 2 aromatic rings. The summed E-state index contributed by atoms with van der Waals surface area (Å²) in [7, 11) is 0. The van der Waals surface area contributed by atoms with Gasteiger partial charge in [0.25, 0.3) is 12.4 Å². The quantitative estimate of drug-likeness (QED) is 0.775. The summed E-state index contributed by atoms with van der Waals surface area (Å²) in [6.07, 6.45) is 2.60. The van der Waals surface area contributed by atoms with E-state index >= 15 is 0 Å². The predicted octanol–water partition coefficient (Wildman–Crippen LogP) is 2.92. The van der Waals surface area contributed by atoms with Crippen LogP contribution < -0.4 is 0 Å². The SMILES string of the molecule is CC(C)c1nnc2n1[C@@H](C)CN(C(=O)c1ccc(CN3CCCC3)cc1)C2.O=CO. The fourth-order valence-corrected chi connectivity index (χ4v) is 4.24. The number of carboxylic acid groups (broad SMARTS) is 1. The lowest BCUT2D eigenvalue weighted by atomic mass is 10.1. The summed E-state index contributed by atoms with van der Waals surface area (Å²) >= 11 is 0. The minimum absolute atomic E-state index is 0.0786. The molecule has 1 N–H and O–H groups in total. The number of hydrogen-bond acceptors (Lipinski definition) is 5. The van der Waals surface area contributed by atoms with Crippen molar-refractivity contribution in [2.75, 3.05) is 19.6 Å². The summed E-state index contributed by atoms with van der Waals surface area (Å²) in [6, 6.07) is 8.32. The molecule has 0 aliphatic carbocycles. The summed E-state index contributed by atoms with van der Waals surface area (Å²) in [4.78, 5) is 25.7. The Balaban J connectivity index is 0.000000806. The Kier molecular flexibility index (Phi) is 7.20. The maximum absolute atomic E-state index is 13.0. The third-order valence-electron chi connectivity index (χ3n) is 5.66. The average Bonchev–Trinajstić information content (AvgIpc) is 3.38. The van der Waals surface area contributed by atoms with Crippen LogP contribution in [0.2, 0.25) is 0 Å². The van der Waals surface area contributed by atoms with E-state index < -0.39 is 0 Å². The van der Waals surface area contributed by atoms with Crippen molar-refractivity contribution in [3.63, 3.8) is 0 Å². The van der Waals surface area contributed by atoms with Crippen LogP contribution in [0.1, 0.15) is 73.1 Å². The van der Waals surface area contributed by atoms with Crippen LogP contribution in [0.25, 0.3) is 0 Å². The van der Waals surface area contributed by atoms with Gasteiger partial charge in [0.15, 0.2) is 5.82 Å². The molecule has 1 saturated heterocycles. The van der Waals surface area contributed by atoms with Gasteiger partial charge >= 0.3 is 0 Å². The number of carbonyl (C=O) groups is 2. The van der Waals surface area contributed by atoms with Crippen LogP contribution in [-0.4, -0.2) is 61.7 Å². The van der Waals surface area contributed by atoms with Crippen LogP contribution in [0.4, 0.5) is 0 Å². The molecule has 8 nitrogen and oxygen atoms in total. The molecule has 1 fully saturated rings. The van der Waals surface area contributed by atoms with Gasteiger partial charge in [-0.15, -0.1) is 10.2 Å². The Hall–Kier alpha value is -2.74. The van der Waals surface area contributed by atoms with E-state index in [1.165, 1.54) is 31.5 Å². The summed E-state index contributed by atoms with van der Waals surface area (Å²) in [5.74, 6) is 2.31. The van der Waals surface area contributed by atoms with Crippen molar-refractivity contribution in [3.05, 3.63) is 47.0 Å². The molecule has 0 bridgehead atoms. The van der Waals surface area contributed by atoms with Crippen molar-refractivity contribution in [3.8, 4) is 0 Å². The Labute approximate surface area is 177 Å². The van der Waals surface area contributed by atoms with E-state index in [2.05, 4.69) is 52.6 Å². The van der Waals surface area contributed by atoms with Gasteiger partial charge in [0.05, 0.1) is 12.6 Å². The average molecular weight is 414 g/mol. The van der Waals surface area contributed by atoms with E-state index in [0.717, 1.165) is 23.8 Å². The van der Waals surface area contributed by atoms with E-state index in [9.17, 15) is 4.79 Å². The number of fused-ring (bicyclic) bond motifs is 1. The smallest absolute Gasteiger partial charge is 0.290 e. The minimum atomic E-state index is -0.250. The van der Waals surface area contributed by atoms with Gasteiger partial charge in [-0.3, -0.25) is 14.5 Å². The lowest BCUT2D eigenvalue weighted by Gasteiger charge is -2.33. The maximum Gasteiger partial charge on any atom is 0.290 e. The summed E-state index contributed by atoms with van der Waals surface area (Å²) < 4.78 is 2.20. The van der Waals surface area contributed by atoms with Gasteiger partial charge in [0, 0.05) is 24.6 Å². The maximum atomic E-state index is 13.0. The second-order valence-electron chi connectivity index (χ2n) is 8.32. The highest BCUT2D eigenvalue weighted by Crippen LogP contribution is 2.26. The predicted molar refractivity (Wildman–Crippen MR) is 113 cm³/mol. The number of benzene rings is 1. The third-order valence-corrected chi connectivity index (χ3v) is 5.66. The molecule has 30 heavy (non-hydrogen) atoms. The van der Waals surface area contributed by atoms with E-state index in [1.54, 1.807) is 0 Å². The van der Waals surface area contributed by atoms with Gasteiger partial charge in [-0.05, 0) is 50.6 Å². The summed E-state index contributed by atoms with van der Waals surface area (Å²) in [5.41, 5.74) is 2.03. The first-order valence-electron chi connectivity index (χ1n) is 10.6. The lowest BCUT2D eigenvalue weighted by molar-refractivity contribution is -0.122. The molecule has 3 heterocycles. The Morgan fingerprint density at radius 3 is 2.43 bits per heavy atom. The molecule has 1 aromatic carbocycles. The second-order valence-corrected chi connectivity index (χ2v) is 8.32.